The number of nitrogens with two attached hydrogens (primary N) is 1. The van der Waals surface area contributed by atoms with E-state index in [2.05, 4.69) is 6.07 Å². The van der Waals surface area contributed by atoms with Crippen molar-refractivity contribution in [2.24, 2.45) is 11.7 Å². The molecular formula is C13H19NO2. The van der Waals surface area contributed by atoms with Crippen LogP contribution < -0.4 is 10.5 Å². The zero-order valence-electron chi connectivity index (χ0n) is 9.74. The molecule has 2 rings (SSSR count). The van der Waals surface area contributed by atoms with Crippen molar-refractivity contribution in [2.75, 3.05) is 13.7 Å². The first-order valence-electron chi connectivity index (χ1n) is 5.77. The van der Waals surface area contributed by atoms with Gasteiger partial charge in [0.2, 0.25) is 0 Å². The first kappa shape index (κ1) is 11.4. The Morgan fingerprint density at radius 2 is 2.19 bits per heavy atom. The lowest BCUT2D eigenvalue weighted by Crippen LogP contribution is -2.02. The minimum Gasteiger partial charge on any atom is -0.496 e. The van der Waals surface area contributed by atoms with Gasteiger partial charge in [0, 0.05) is 18.7 Å². The van der Waals surface area contributed by atoms with Gasteiger partial charge < -0.3 is 15.2 Å². The van der Waals surface area contributed by atoms with Gasteiger partial charge in [-0.05, 0) is 36.5 Å². The van der Waals surface area contributed by atoms with Gasteiger partial charge >= 0.3 is 0 Å². The summed E-state index contributed by atoms with van der Waals surface area (Å²) in [5.74, 6) is 1.68. The second-order valence-electron chi connectivity index (χ2n) is 4.31. The summed E-state index contributed by atoms with van der Waals surface area (Å²) in [6, 6.07) is 6.01. The minimum absolute atomic E-state index is 0.555. The second-order valence-corrected chi connectivity index (χ2v) is 4.31. The van der Waals surface area contributed by atoms with E-state index in [1.165, 1.54) is 12.8 Å². The van der Waals surface area contributed by atoms with E-state index in [4.69, 9.17) is 15.2 Å². The summed E-state index contributed by atoms with van der Waals surface area (Å²) in [7, 11) is 1.68. The molecule has 3 heteroatoms. The topological polar surface area (TPSA) is 44.5 Å². The van der Waals surface area contributed by atoms with Crippen molar-refractivity contribution in [3.8, 4) is 5.75 Å². The molecule has 2 N–H and O–H groups in total. The van der Waals surface area contributed by atoms with E-state index in [1.807, 2.05) is 12.1 Å². The zero-order valence-corrected chi connectivity index (χ0v) is 9.74. The van der Waals surface area contributed by atoms with Gasteiger partial charge in [-0.2, -0.15) is 0 Å². The normalized spacial score (nSPS) is 15.1. The van der Waals surface area contributed by atoms with Gasteiger partial charge in [0.05, 0.1) is 13.7 Å². The largest absolute Gasteiger partial charge is 0.496 e. The van der Waals surface area contributed by atoms with Crippen LogP contribution >= 0.6 is 0 Å². The predicted octanol–water partition coefficient (Wildman–Crippen LogP) is 2.08. The lowest BCUT2D eigenvalue weighted by atomic mass is 10.1. The number of hydrogen-bond donors (Lipinski definition) is 1. The molecule has 0 spiro atoms. The van der Waals surface area contributed by atoms with Crippen molar-refractivity contribution in [1.82, 2.24) is 0 Å². The maximum Gasteiger partial charge on any atom is 0.124 e. The Labute approximate surface area is 96.5 Å². The monoisotopic (exact) mass is 221 g/mol. The number of methoxy groups -OCH3 is 1. The summed E-state index contributed by atoms with van der Waals surface area (Å²) < 4.78 is 11.0. The van der Waals surface area contributed by atoms with Crippen LogP contribution in [0.25, 0.3) is 0 Å². The van der Waals surface area contributed by atoms with Gasteiger partial charge in [0.1, 0.15) is 5.75 Å². The van der Waals surface area contributed by atoms with Gasteiger partial charge in [0.15, 0.2) is 0 Å². The Kier molecular flexibility index (Phi) is 3.80. The van der Waals surface area contributed by atoms with Gasteiger partial charge in [-0.1, -0.05) is 6.07 Å². The second kappa shape index (κ2) is 5.32. The van der Waals surface area contributed by atoms with Gasteiger partial charge in [0.25, 0.3) is 0 Å². The molecule has 88 valence electrons. The molecule has 16 heavy (non-hydrogen) atoms. The third-order valence-corrected chi connectivity index (χ3v) is 2.89. The molecule has 0 unspecified atom stereocenters. The van der Waals surface area contributed by atoms with Crippen molar-refractivity contribution in [3.63, 3.8) is 0 Å². The summed E-state index contributed by atoms with van der Waals surface area (Å²) >= 11 is 0. The highest BCUT2D eigenvalue weighted by atomic mass is 16.5. The van der Waals surface area contributed by atoms with E-state index in [1.54, 1.807) is 7.11 Å². The van der Waals surface area contributed by atoms with Crippen LogP contribution in [-0.2, 0) is 17.9 Å². The Morgan fingerprint density at radius 1 is 1.38 bits per heavy atom. The summed E-state index contributed by atoms with van der Waals surface area (Å²) in [6.45, 7) is 2.04. The van der Waals surface area contributed by atoms with Crippen LogP contribution in [-0.4, -0.2) is 13.7 Å². The van der Waals surface area contributed by atoms with E-state index in [0.29, 0.717) is 13.2 Å². The fourth-order valence-electron chi connectivity index (χ4n) is 1.69. The maximum atomic E-state index is 5.66. The lowest BCUT2D eigenvalue weighted by molar-refractivity contribution is 0.109. The van der Waals surface area contributed by atoms with Crippen LogP contribution in [0.1, 0.15) is 24.0 Å². The third kappa shape index (κ3) is 2.97. The van der Waals surface area contributed by atoms with E-state index in [9.17, 15) is 0 Å². The standard InChI is InChI=1S/C13H19NO2/c1-15-13-5-4-11(7-14)6-12(13)9-16-8-10-2-3-10/h4-6,10H,2-3,7-9,14H2,1H3. The molecule has 0 bridgehead atoms. The van der Waals surface area contributed by atoms with Crippen LogP contribution in [0.15, 0.2) is 18.2 Å². The smallest absolute Gasteiger partial charge is 0.124 e. The minimum atomic E-state index is 0.555. The molecule has 1 aliphatic carbocycles. The average molecular weight is 221 g/mol. The van der Waals surface area contributed by atoms with Crippen molar-refractivity contribution in [3.05, 3.63) is 29.3 Å². The summed E-state index contributed by atoms with van der Waals surface area (Å²) in [5.41, 5.74) is 7.82. The highest BCUT2D eigenvalue weighted by molar-refractivity contribution is 5.36. The highest BCUT2D eigenvalue weighted by Crippen LogP contribution is 2.29. The molecular weight excluding hydrogens is 202 g/mol. The van der Waals surface area contributed by atoms with Gasteiger partial charge in [-0.25, -0.2) is 0 Å². The van der Waals surface area contributed by atoms with E-state index >= 15 is 0 Å². The van der Waals surface area contributed by atoms with E-state index in [-0.39, 0.29) is 0 Å². The molecule has 1 aromatic rings. The Bertz CT molecular complexity index is 348. The zero-order chi connectivity index (χ0) is 11.4. The average Bonchev–Trinajstić information content (AvgIpc) is 3.13. The molecule has 0 aliphatic heterocycles. The predicted molar refractivity (Wildman–Crippen MR) is 63.3 cm³/mol. The molecule has 1 fully saturated rings. The van der Waals surface area contributed by atoms with Crippen LogP contribution in [0.4, 0.5) is 0 Å². The van der Waals surface area contributed by atoms with Crippen molar-refractivity contribution >= 4 is 0 Å². The molecule has 1 aliphatic rings. The van der Waals surface area contributed by atoms with Gasteiger partial charge in [-0.15, -0.1) is 0 Å². The fourth-order valence-corrected chi connectivity index (χ4v) is 1.69. The molecule has 3 nitrogen and oxygen atoms in total. The maximum absolute atomic E-state index is 5.66. The number of benzene rings is 1. The number of rotatable bonds is 6. The summed E-state index contributed by atoms with van der Waals surface area (Å²) in [6.07, 6.45) is 2.64. The molecule has 0 radical (unpaired) electrons. The van der Waals surface area contributed by atoms with Crippen LogP contribution in [0.2, 0.25) is 0 Å². The molecule has 0 aromatic heterocycles. The lowest BCUT2D eigenvalue weighted by Gasteiger charge is -2.10. The summed E-state index contributed by atoms with van der Waals surface area (Å²) in [4.78, 5) is 0. The summed E-state index contributed by atoms with van der Waals surface area (Å²) in [5, 5.41) is 0. The van der Waals surface area contributed by atoms with Crippen molar-refractivity contribution in [1.29, 1.82) is 0 Å². The Hall–Kier alpha value is -1.06. The Balaban J connectivity index is 1.97. The Morgan fingerprint density at radius 3 is 2.81 bits per heavy atom. The quantitative estimate of drug-likeness (QED) is 0.800. The first-order valence-corrected chi connectivity index (χ1v) is 5.77. The first-order chi connectivity index (χ1) is 7.83. The fraction of sp³-hybridized carbons (Fsp3) is 0.538. The molecule has 0 heterocycles. The van der Waals surface area contributed by atoms with Crippen molar-refractivity contribution < 1.29 is 9.47 Å². The van der Waals surface area contributed by atoms with Crippen LogP contribution in [0.5, 0.6) is 5.75 Å². The number of ether oxygens (including phenoxy) is 2. The molecule has 0 amide bonds. The van der Waals surface area contributed by atoms with Gasteiger partial charge in [-0.3, -0.25) is 0 Å². The third-order valence-electron chi connectivity index (χ3n) is 2.89. The van der Waals surface area contributed by atoms with Crippen LogP contribution in [0.3, 0.4) is 0 Å². The molecule has 1 aromatic carbocycles. The van der Waals surface area contributed by atoms with Crippen molar-refractivity contribution in [2.45, 2.75) is 26.0 Å². The molecule has 1 saturated carbocycles. The highest BCUT2D eigenvalue weighted by Gasteiger charge is 2.21. The SMILES string of the molecule is COc1ccc(CN)cc1COCC1CC1. The molecule has 0 saturated heterocycles. The van der Waals surface area contributed by atoms with E-state index < -0.39 is 0 Å². The van der Waals surface area contributed by atoms with E-state index in [0.717, 1.165) is 29.4 Å². The number of hydrogen-bond acceptors (Lipinski definition) is 3. The molecule has 0 atom stereocenters. The van der Waals surface area contributed by atoms with Crippen LogP contribution in [0, 0.1) is 5.92 Å².